The molecule has 6 saturated carbocycles. The molecule has 15 amide bonds. The summed E-state index contributed by atoms with van der Waals surface area (Å²) in [5.74, 6) is -7.05. The number of Topliss-reactive ketones (excluding diaryl/α,β-unsaturated/α-hetero) is 3. The molecule has 0 aromatic rings. The number of nitrogens with zero attached hydrogens (tertiary/aromatic N) is 3. The number of hydrogen-bond acceptors (Lipinski definition) is 15. The first-order chi connectivity index (χ1) is 50.5. The SMILES string of the molecule is CC(C)(C)NC(=O)N[C@H](C(=O)N1CC2C([C@H]1C(=O)NC(CC1CCC1)C(=O)C(N)=O)C2(C)C)C(C)(C)C.CC(C)(C)NC(=O)N[C@H](C(=O)N1CC2C([C@H]1C(=O)N[C@@H](CC1CCC1)C(=O)C(N)=O)C2(C)C)C(C)(C)C.CC(C)(C)NC(=O)N[C@H](C(=O)N1CC2C([C@H]1C(=O)N[C@H](CC1CCC1)C(=O)C(N)=O)C2(C)C)C(C)(C)C. The number of fused-ring (bicyclic) bond motifs is 3. The zero-order valence-corrected chi connectivity index (χ0v) is 70.7. The molecule has 0 bridgehead atoms. The van der Waals surface area contributed by atoms with Crippen LogP contribution in [0.1, 0.15) is 243 Å². The van der Waals surface area contributed by atoms with Crippen LogP contribution >= 0.6 is 0 Å². The lowest BCUT2D eigenvalue weighted by atomic mass is 9.80. The van der Waals surface area contributed by atoms with Gasteiger partial charge in [-0.05, 0) is 167 Å². The lowest BCUT2D eigenvalue weighted by molar-refractivity contribution is -0.145. The van der Waals surface area contributed by atoms with E-state index in [1.165, 1.54) is 0 Å². The van der Waals surface area contributed by atoms with Gasteiger partial charge in [0.1, 0.15) is 36.3 Å². The molecule has 9 rings (SSSR count). The second-order valence-corrected chi connectivity index (χ2v) is 41.6. The minimum atomic E-state index is -1.07. The molecule has 111 heavy (non-hydrogen) atoms. The van der Waals surface area contributed by atoms with E-state index in [0.717, 1.165) is 57.8 Å². The summed E-state index contributed by atoms with van der Waals surface area (Å²) in [6.45, 7) is 47.0. The van der Waals surface area contributed by atoms with E-state index in [0.29, 0.717) is 38.9 Å². The summed E-state index contributed by atoms with van der Waals surface area (Å²) in [5.41, 5.74) is 12.1. The van der Waals surface area contributed by atoms with Gasteiger partial charge in [-0.2, -0.15) is 0 Å². The monoisotopic (exact) mass is 1560 g/mol. The number of likely N-dealkylation sites (tertiary alicyclic amines) is 3. The Labute approximate surface area is 657 Å². The summed E-state index contributed by atoms with van der Waals surface area (Å²) in [4.78, 5) is 198. The molecule has 6 aliphatic carbocycles. The topological polar surface area (TPSA) is 452 Å². The largest absolute Gasteiger partial charge is 0.363 e. The van der Waals surface area contributed by atoms with E-state index in [1.807, 2.05) is 125 Å². The third kappa shape index (κ3) is 21.7. The number of primary amides is 3. The summed E-state index contributed by atoms with van der Waals surface area (Å²) in [5, 5.41) is 25.3. The second kappa shape index (κ2) is 32.9. The van der Waals surface area contributed by atoms with Crippen LogP contribution in [0.25, 0.3) is 0 Å². The van der Waals surface area contributed by atoms with E-state index in [2.05, 4.69) is 89.4 Å². The predicted molar refractivity (Wildman–Crippen MR) is 417 cm³/mol. The number of urea groups is 3. The molecule has 30 heteroatoms. The average Bonchev–Trinajstić information content (AvgIpc) is 1.54. The van der Waals surface area contributed by atoms with E-state index >= 15 is 0 Å². The summed E-state index contributed by atoms with van der Waals surface area (Å²) < 4.78 is 0. The number of hydrogen-bond donors (Lipinski definition) is 12. The van der Waals surface area contributed by atoms with Crippen molar-refractivity contribution in [2.75, 3.05) is 19.6 Å². The number of nitrogens with one attached hydrogen (secondary N) is 9. The van der Waals surface area contributed by atoms with E-state index in [-0.39, 0.29) is 87.2 Å². The van der Waals surface area contributed by atoms with Crippen molar-refractivity contribution in [1.82, 2.24) is 62.6 Å². The number of ketones is 3. The highest BCUT2D eigenvalue weighted by atomic mass is 16.2. The van der Waals surface area contributed by atoms with E-state index < -0.39 is 158 Å². The van der Waals surface area contributed by atoms with Crippen molar-refractivity contribution in [3.63, 3.8) is 0 Å². The Bertz CT molecular complexity index is 3240. The van der Waals surface area contributed by atoms with E-state index in [9.17, 15) is 71.9 Å². The minimum absolute atomic E-state index is 0.0755. The Morgan fingerprint density at radius 3 is 0.685 bits per heavy atom. The molecule has 3 saturated heterocycles. The molecule has 9 aliphatic rings. The van der Waals surface area contributed by atoms with Gasteiger partial charge in [0.15, 0.2) is 0 Å². The van der Waals surface area contributed by atoms with Gasteiger partial charge in [0.05, 0.1) is 18.1 Å². The molecule has 3 heterocycles. The Kier molecular flexibility index (Phi) is 26.7. The van der Waals surface area contributed by atoms with Gasteiger partial charge in [-0.25, -0.2) is 14.4 Å². The van der Waals surface area contributed by atoms with Gasteiger partial charge in [0.25, 0.3) is 17.7 Å². The first-order valence-electron chi connectivity index (χ1n) is 40.1. The van der Waals surface area contributed by atoms with E-state index in [1.54, 1.807) is 14.7 Å². The maximum atomic E-state index is 13.9. The lowest BCUT2D eigenvalue weighted by Crippen LogP contribution is -2.62. The standard InChI is InChI=1S/3C27H45N5O5/c3*1-25(2,3)20(30-24(37)31-26(4,5)6)23(36)32-13-15-17(27(15,7)8)18(32)22(35)29-16(19(33)21(28)34)12-14-10-9-11-14/h3*14-18,20H,9-13H2,1-8H3,(H2,28,34)(H,29,35)(H2,30,31,37)/t15?,16?,17?,18-,20+;15?,16-,17?,18+,20-;15?,16-,17?,18-,20+/m010/s1. The Balaban J connectivity index is 0.000000231. The fraction of sp³-hybridized carbons (Fsp3) is 0.815. The summed E-state index contributed by atoms with van der Waals surface area (Å²) in [6, 6.07) is -9.38. The highest BCUT2D eigenvalue weighted by molar-refractivity contribution is 6.39. The van der Waals surface area contributed by atoms with Crippen LogP contribution < -0.4 is 65.1 Å². The molecule has 7 unspecified atom stereocenters. The number of amides is 15. The van der Waals surface area contributed by atoms with Gasteiger partial charge in [0.2, 0.25) is 52.8 Å². The number of carbonyl (C=O) groups is 15. The molecule has 9 fully saturated rings. The Hall–Kier alpha value is -7.95. The fourth-order valence-corrected chi connectivity index (χ4v) is 17.6. The summed E-state index contributed by atoms with van der Waals surface area (Å²) in [6.07, 6.45) is 9.94. The molecule has 624 valence electrons. The van der Waals surface area contributed by atoms with Crippen LogP contribution in [0, 0.1) is 85.8 Å². The average molecular weight is 1560 g/mol. The van der Waals surface area contributed by atoms with Crippen LogP contribution in [0.3, 0.4) is 0 Å². The van der Waals surface area contributed by atoms with Crippen LogP contribution in [-0.2, 0) is 57.5 Å². The third-order valence-electron chi connectivity index (χ3n) is 24.9. The quantitative estimate of drug-likeness (QED) is 0.0557. The minimum Gasteiger partial charge on any atom is -0.363 e. The number of nitrogens with two attached hydrogens (primary N) is 3. The number of carbonyl (C=O) groups excluding carboxylic acids is 15. The zero-order chi connectivity index (χ0) is 84.3. The molecule has 3 aliphatic heterocycles. The summed E-state index contributed by atoms with van der Waals surface area (Å²) >= 11 is 0. The number of piperidine rings is 3. The van der Waals surface area contributed by atoms with Crippen molar-refractivity contribution in [3.05, 3.63) is 0 Å². The maximum Gasteiger partial charge on any atom is 0.315 e. The van der Waals surface area contributed by atoms with Crippen LogP contribution in [-0.4, -0.2) is 194 Å². The fourth-order valence-electron chi connectivity index (χ4n) is 17.6. The molecule has 15 N–H and O–H groups in total. The van der Waals surface area contributed by atoms with Gasteiger partial charge in [0, 0.05) is 36.3 Å². The molecule has 30 nitrogen and oxygen atoms in total. The van der Waals surface area contributed by atoms with Gasteiger partial charge >= 0.3 is 18.1 Å². The molecule has 0 radical (unpaired) electrons. The Morgan fingerprint density at radius 2 is 0.532 bits per heavy atom. The zero-order valence-electron chi connectivity index (χ0n) is 70.7. The first kappa shape index (κ1) is 90.2. The van der Waals surface area contributed by atoms with Crippen LogP contribution in [0.2, 0.25) is 0 Å². The maximum absolute atomic E-state index is 13.9. The van der Waals surface area contributed by atoms with Crippen molar-refractivity contribution < 1.29 is 71.9 Å². The van der Waals surface area contributed by atoms with E-state index in [4.69, 9.17) is 17.2 Å². The molecule has 15 atom stereocenters. The van der Waals surface area contributed by atoms with Gasteiger partial charge in [-0.3, -0.25) is 57.5 Å². The van der Waals surface area contributed by atoms with Crippen LogP contribution in [0.15, 0.2) is 0 Å². The molecule has 0 spiro atoms. The van der Waals surface area contributed by atoms with Gasteiger partial charge < -0.3 is 79.8 Å². The highest BCUT2D eigenvalue weighted by Crippen LogP contribution is 2.67. The molecular weight excluding hydrogens is 1420 g/mol. The molecule has 0 aromatic heterocycles. The van der Waals surface area contributed by atoms with Crippen molar-refractivity contribution >= 4 is 88.6 Å². The van der Waals surface area contributed by atoms with Crippen molar-refractivity contribution in [2.24, 2.45) is 103 Å². The highest BCUT2D eigenvalue weighted by Gasteiger charge is 2.72. The Morgan fingerprint density at radius 1 is 0.333 bits per heavy atom. The second-order valence-electron chi connectivity index (χ2n) is 41.6. The molecule has 0 aromatic carbocycles. The van der Waals surface area contributed by atoms with Crippen molar-refractivity contribution in [1.29, 1.82) is 0 Å². The van der Waals surface area contributed by atoms with Gasteiger partial charge in [-0.1, -0.05) is 162 Å². The van der Waals surface area contributed by atoms with Crippen molar-refractivity contribution in [3.8, 4) is 0 Å². The molecular formula is C81H135N15O15. The smallest absolute Gasteiger partial charge is 0.315 e. The van der Waals surface area contributed by atoms with Crippen LogP contribution in [0.5, 0.6) is 0 Å². The summed E-state index contributed by atoms with van der Waals surface area (Å²) in [7, 11) is 0. The normalized spacial score (nSPS) is 26.3. The first-order valence-corrected chi connectivity index (χ1v) is 40.1. The number of rotatable bonds is 24. The van der Waals surface area contributed by atoms with Gasteiger partial charge in [-0.15, -0.1) is 0 Å². The third-order valence-corrected chi connectivity index (χ3v) is 24.9. The van der Waals surface area contributed by atoms with Crippen molar-refractivity contribution in [2.45, 2.75) is 314 Å². The lowest BCUT2D eigenvalue weighted by Gasteiger charge is -2.38. The van der Waals surface area contributed by atoms with Crippen LogP contribution in [0.4, 0.5) is 14.4 Å². The predicted octanol–water partition coefficient (Wildman–Crippen LogP) is 5.13.